The fraction of sp³-hybridized carbons (Fsp3) is 0.333. The molecule has 1 rings (SSSR count). The van der Waals surface area contributed by atoms with Gasteiger partial charge in [0.25, 0.3) is 4.33 Å². The quantitative estimate of drug-likeness (QED) is 0.772. The second-order valence-corrected chi connectivity index (χ2v) is 7.11. The molecule has 1 unspecified atom stereocenters. The molecule has 1 aromatic rings. The Labute approximate surface area is 106 Å². The molecule has 0 radical (unpaired) electrons. The van der Waals surface area contributed by atoms with Gasteiger partial charge in [0.15, 0.2) is 0 Å². The minimum Gasteiger partial charge on any atom is -0.219 e. The first kappa shape index (κ1) is 14.3. The van der Waals surface area contributed by atoms with E-state index in [0.29, 0.717) is 11.8 Å². The van der Waals surface area contributed by atoms with Crippen molar-refractivity contribution in [2.45, 2.75) is 22.6 Å². The van der Waals surface area contributed by atoms with Crippen LogP contribution in [0.3, 0.4) is 0 Å². The number of sulfone groups is 1. The first-order chi connectivity index (χ1) is 7.87. The third kappa shape index (κ3) is 2.72. The summed E-state index contributed by atoms with van der Waals surface area (Å²) in [7, 11) is -4.00. The number of benzene rings is 1. The Morgan fingerprint density at radius 1 is 1.41 bits per heavy atom. The Morgan fingerprint density at radius 2 is 1.94 bits per heavy atom. The normalized spacial score (nSPS) is 15.2. The fourth-order valence-corrected chi connectivity index (χ4v) is 4.00. The molecule has 0 amide bonds. The molecule has 0 bridgehead atoms. The SMILES string of the molecule is C=CCC(F)(SC)S(=O)(=O)c1ccc(C)cc1. The van der Waals surface area contributed by atoms with E-state index in [2.05, 4.69) is 6.58 Å². The summed E-state index contributed by atoms with van der Waals surface area (Å²) in [6, 6.07) is 6.17. The lowest BCUT2D eigenvalue weighted by Gasteiger charge is -2.21. The van der Waals surface area contributed by atoms with Crippen molar-refractivity contribution in [3.05, 3.63) is 42.5 Å². The van der Waals surface area contributed by atoms with Crippen LogP contribution in [0.4, 0.5) is 4.39 Å². The minimum absolute atomic E-state index is 0.00167. The van der Waals surface area contributed by atoms with Gasteiger partial charge in [0.05, 0.1) is 4.90 Å². The van der Waals surface area contributed by atoms with Crippen LogP contribution < -0.4 is 0 Å². The van der Waals surface area contributed by atoms with E-state index in [1.54, 1.807) is 12.1 Å². The summed E-state index contributed by atoms with van der Waals surface area (Å²) >= 11 is 0.677. The molecular weight excluding hydrogens is 259 g/mol. The number of alkyl halides is 1. The third-order valence-electron chi connectivity index (χ3n) is 2.43. The Bertz CT molecular complexity index is 494. The molecule has 0 saturated carbocycles. The maximum atomic E-state index is 14.4. The molecule has 0 spiro atoms. The molecule has 1 atom stereocenters. The topological polar surface area (TPSA) is 34.1 Å². The van der Waals surface area contributed by atoms with Crippen molar-refractivity contribution >= 4 is 21.6 Å². The Hall–Kier alpha value is -0.810. The lowest BCUT2D eigenvalue weighted by atomic mass is 10.2. The van der Waals surface area contributed by atoms with Gasteiger partial charge in [0.2, 0.25) is 9.84 Å². The molecule has 17 heavy (non-hydrogen) atoms. The summed E-state index contributed by atoms with van der Waals surface area (Å²) in [5.41, 5.74) is 0.932. The number of allylic oxidation sites excluding steroid dienone is 1. The molecule has 0 heterocycles. The molecule has 0 aromatic heterocycles. The van der Waals surface area contributed by atoms with Crippen LogP contribution in [0, 0.1) is 6.92 Å². The first-order valence-electron chi connectivity index (χ1n) is 5.03. The Morgan fingerprint density at radius 3 is 2.35 bits per heavy atom. The van der Waals surface area contributed by atoms with Gasteiger partial charge < -0.3 is 0 Å². The van der Waals surface area contributed by atoms with Gasteiger partial charge in [0.1, 0.15) is 0 Å². The largest absolute Gasteiger partial charge is 0.263 e. The van der Waals surface area contributed by atoms with Crippen LogP contribution >= 0.6 is 11.8 Å². The highest BCUT2D eigenvalue weighted by Crippen LogP contribution is 2.39. The van der Waals surface area contributed by atoms with E-state index in [4.69, 9.17) is 0 Å². The minimum atomic E-state index is -4.00. The predicted molar refractivity (Wildman–Crippen MR) is 70.5 cm³/mol. The Kier molecular flexibility index (Phi) is 4.38. The zero-order valence-electron chi connectivity index (χ0n) is 9.81. The van der Waals surface area contributed by atoms with Gasteiger partial charge in [-0.3, -0.25) is 0 Å². The average Bonchev–Trinajstić information content (AvgIpc) is 2.29. The number of halogens is 1. The van der Waals surface area contributed by atoms with Crippen LogP contribution in [-0.2, 0) is 9.84 Å². The smallest absolute Gasteiger partial charge is 0.219 e. The van der Waals surface area contributed by atoms with E-state index in [9.17, 15) is 12.8 Å². The molecule has 2 nitrogen and oxygen atoms in total. The molecule has 0 aliphatic heterocycles. The summed E-state index contributed by atoms with van der Waals surface area (Å²) in [4.78, 5) is 0.00167. The molecule has 0 aliphatic carbocycles. The number of hydrogen-bond acceptors (Lipinski definition) is 3. The van der Waals surface area contributed by atoms with Crippen molar-refractivity contribution in [1.82, 2.24) is 0 Å². The first-order valence-corrected chi connectivity index (χ1v) is 7.74. The molecule has 0 N–H and O–H groups in total. The maximum Gasteiger partial charge on any atom is 0.263 e. The van der Waals surface area contributed by atoms with Gasteiger partial charge in [-0.05, 0) is 25.3 Å². The predicted octanol–water partition coefficient (Wildman–Crippen LogP) is 3.33. The van der Waals surface area contributed by atoms with Crippen LogP contribution in [0.1, 0.15) is 12.0 Å². The molecule has 1 aromatic carbocycles. The monoisotopic (exact) mass is 274 g/mol. The maximum absolute atomic E-state index is 14.4. The van der Waals surface area contributed by atoms with Gasteiger partial charge >= 0.3 is 0 Å². The van der Waals surface area contributed by atoms with E-state index < -0.39 is 14.2 Å². The highest BCUT2D eigenvalue weighted by atomic mass is 32.3. The average molecular weight is 274 g/mol. The van der Waals surface area contributed by atoms with Crippen LogP contribution in [0.2, 0.25) is 0 Å². The molecule has 0 aliphatic rings. The summed E-state index contributed by atoms with van der Waals surface area (Å²) in [5.74, 6) is 0. The fourth-order valence-electron chi connectivity index (χ4n) is 1.37. The zero-order chi connectivity index (χ0) is 13.1. The van der Waals surface area contributed by atoms with Gasteiger partial charge in [0, 0.05) is 6.42 Å². The van der Waals surface area contributed by atoms with E-state index >= 15 is 0 Å². The van der Waals surface area contributed by atoms with Gasteiger partial charge in [-0.1, -0.05) is 23.8 Å². The van der Waals surface area contributed by atoms with Gasteiger partial charge in [-0.15, -0.1) is 18.3 Å². The van der Waals surface area contributed by atoms with E-state index in [0.717, 1.165) is 5.56 Å². The lowest BCUT2D eigenvalue weighted by molar-refractivity contribution is 0.384. The lowest BCUT2D eigenvalue weighted by Crippen LogP contribution is -2.29. The second-order valence-electron chi connectivity index (χ2n) is 3.67. The summed E-state index contributed by atoms with van der Waals surface area (Å²) in [6.45, 7) is 5.24. The number of hydrogen-bond donors (Lipinski definition) is 0. The van der Waals surface area contributed by atoms with Crippen molar-refractivity contribution < 1.29 is 12.8 Å². The summed E-state index contributed by atoms with van der Waals surface area (Å²) in [6.07, 6.45) is 2.49. The van der Waals surface area contributed by atoms with Crippen molar-refractivity contribution in [2.75, 3.05) is 6.26 Å². The second kappa shape index (κ2) is 5.23. The van der Waals surface area contributed by atoms with Crippen LogP contribution in [0.5, 0.6) is 0 Å². The van der Waals surface area contributed by atoms with Crippen molar-refractivity contribution in [3.63, 3.8) is 0 Å². The van der Waals surface area contributed by atoms with Crippen LogP contribution in [0.15, 0.2) is 41.8 Å². The highest BCUT2D eigenvalue weighted by Gasteiger charge is 2.43. The molecule has 5 heteroatoms. The van der Waals surface area contributed by atoms with Crippen molar-refractivity contribution in [2.24, 2.45) is 0 Å². The van der Waals surface area contributed by atoms with Gasteiger partial charge in [-0.2, -0.15) is 0 Å². The van der Waals surface area contributed by atoms with Gasteiger partial charge in [-0.25, -0.2) is 12.8 Å². The van der Waals surface area contributed by atoms with E-state index in [-0.39, 0.29) is 11.3 Å². The Balaban J connectivity index is 3.26. The molecule has 0 saturated heterocycles. The van der Waals surface area contributed by atoms with Crippen molar-refractivity contribution in [3.8, 4) is 0 Å². The summed E-state index contributed by atoms with van der Waals surface area (Å²) < 4.78 is 36.3. The highest BCUT2D eigenvalue weighted by molar-refractivity contribution is 8.14. The standard InChI is InChI=1S/C12H15FO2S2/c1-4-9-12(13,16-3)17(14,15)11-7-5-10(2)6-8-11/h4-8H,1,9H2,2-3H3. The number of aryl methyl sites for hydroxylation is 1. The van der Waals surface area contributed by atoms with E-state index in [1.165, 1.54) is 24.5 Å². The van der Waals surface area contributed by atoms with Crippen LogP contribution in [-0.4, -0.2) is 19.0 Å². The zero-order valence-corrected chi connectivity index (χ0v) is 11.4. The van der Waals surface area contributed by atoms with E-state index in [1.807, 2.05) is 6.92 Å². The molecule has 94 valence electrons. The third-order valence-corrected chi connectivity index (χ3v) is 6.22. The molecule has 0 fully saturated rings. The number of rotatable bonds is 5. The van der Waals surface area contributed by atoms with Crippen molar-refractivity contribution in [1.29, 1.82) is 0 Å². The van der Waals surface area contributed by atoms with Crippen LogP contribution in [0.25, 0.3) is 0 Å². The summed E-state index contributed by atoms with van der Waals surface area (Å²) in [5, 5.41) is 0. The number of thioether (sulfide) groups is 1. The molecular formula is C12H15FO2S2.